The van der Waals surface area contributed by atoms with Crippen molar-refractivity contribution in [3.63, 3.8) is 0 Å². The van der Waals surface area contributed by atoms with Crippen LogP contribution in [0.3, 0.4) is 0 Å². The molecule has 1 aliphatic carbocycles. The molecule has 0 N–H and O–H groups in total. The summed E-state index contributed by atoms with van der Waals surface area (Å²) in [6.07, 6.45) is 12.1. The lowest BCUT2D eigenvalue weighted by atomic mass is 9.98. The molecule has 0 fully saturated rings. The van der Waals surface area contributed by atoms with Gasteiger partial charge in [-0.05, 0) is 38.2 Å². The predicted octanol–water partition coefficient (Wildman–Crippen LogP) is 4.52. The second kappa shape index (κ2) is 4.73. The van der Waals surface area contributed by atoms with Crippen molar-refractivity contribution in [3.8, 4) is 0 Å². The van der Waals surface area contributed by atoms with Crippen LogP contribution in [0.2, 0.25) is 0 Å². The molecule has 1 heterocycles. The lowest BCUT2D eigenvalue weighted by Gasteiger charge is -2.08. The van der Waals surface area contributed by atoms with Gasteiger partial charge in [-0.15, -0.1) is 0 Å². The Bertz CT molecular complexity index is 421. The summed E-state index contributed by atoms with van der Waals surface area (Å²) in [5.41, 5.74) is 3.94. The van der Waals surface area contributed by atoms with Crippen molar-refractivity contribution in [1.82, 2.24) is 0 Å². The van der Waals surface area contributed by atoms with Crippen molar-refractivity contribution in [1.29, 1.82) is 0 Å². The van der Waals surface area contributed by atoms with E-state index in [2.05, 4.69) is 39.0 Å². The summed E-state index contributed by atoms with van der Waals surface area (Å²) in [5, 5.41) is 0. The third kappa shape index (κ3) is 2.46. The zero-order valence-electron chi connectivity index (χ0n) is 10.4. The molecule has 1 heteroatoms. The number of hydrogen-bond acceptors (Lipinski definition) is 1. The SMILES string of the molecule is CC1=CCCC(C)C=Cc2c(C)coc2C1. The quantitative estimate of drug-likeness (QED) is 0.581. The Morgan fingerprint density at radius 2 is 2.12 bits per heavy atom. The van der Waals surface area contributed by atoms with Gasteiger partial charge in [0.25, 0.3) is 0 Å². The molecule has 0 saturated heterocycles. The van der Waals surface area contributed by atoms with Crippen LogP contribution >= 0.6 is 0 Å². The number of furan rings is 1. The molecule has 0 aliphatic heterocycles. The van der Waals surface area contributed by atoms with E-state index in [4.69, 9.17) is 4.42 Å². The first-order chi connectivity index (χ1) is 7.66. The smallest absolute Gasteiger partial charge is 0.115 e. The van der Waals surface area contributed by atoms with Gasteiger partial charge >= 0.3 is 0 Å². The van der Waals surface area contributed by atoms with Crippen molar-refractivity contribution in [3.05, 3.63) is 40.9 Å². The van der Waals surface area contributed by atoms with Crippen LogP contribution in [0.4, 0.5) is 0 Å². The van der Waals surface area contributed by atoms with Gasteiger partial charge in [-0.2, -0.15) is 0 Å². The Morgan fingerprint density at radius 3 is 2.94 bits per heavy atom. The van der Waals surface area contributed by atoms with Crippen molar-refractivity contribution >= 4 is 6.08 Å². The Hall–Kier alpha value is -1.24. The molecular formula is C15H20O. The van der Waals surface area contributed by atoms with Crippen LogP contribution < -0.4 is 0 Å². The zero-order valence-corrected chi connectivity index (χ0v) is 10.4. The van der Waals surface area contributed by atoms with Crippen LogP contribution in [0.1, 0.15) is 43.6 Å². The highest BCUT2D eigenvalue weighted by atomic mass is 16.3. The second-order valence-corrected chi connectivity index (χ2v) is 4.90. The molecule has 1 aromatic heterocycles. The van der Waals surface area contributed by atoms with Gasteiger partial charge in [-0.1, -0.05) is 30.7 Å². The maximum Gasteiger partial charge on any atom is 0.115 e. The van der Waals surface area contributed by atoms with E-state index in [0.29, 0.717) is 5.92 Å². The minimum atomic E-state index is 0.643. The zero-order chi connectivity index (χ0) is 11.5. The van der Waals surface area contributed by atoms with Crippen LogP contribution in [0, 0.1) is 12.8 Å². The fourth-order valence-corrected chi connectivity index (χ4v) is 2.14. The van der Waals surface area contributed by atoms with E-state index in [0.717, 1.165) is 12.2 Å². The Kier molecular flexibility index (Phi) is 3.33. The standard InChI is InChI=1S/C15H20O/c1-11-5-4-6-12(2)9-15-14(8-7-11)13(3)10-16-15/h6-8,10-11H,4-5,9H2,1-3H3. The molecule has 1 aliphatic rings. The highest BCUT2D eigenvalue weighted by Crippen LogP contribution is 2.24. The van der Waals surface area contributed by atoms with Gasteiger partial charge in [0.2, 0.25) is 0 Å². The molecule has 86 valence electrons. The first-order valence-corrected chi connectivity index (χ1v) is 6.07. The fourth-order valence-electron chi connectivity index (χ4n) is 2.14. The van der Waals surface area contributed by atoms with Crippen LogP contribution in [-0.4, -0.2) is 0 Å². The molecule has 2 rings (SSSR count). The van der Waals surface area contributed by atoms with Gasteiger partial charge in [0.15, 0.2) is 0 Å². The molecule has 0 radical (unpaired) electrons. The summed E-state index contributed by atoms with van der Waals surface area (Å²) in [6.45, 7) is 6.58. The number of rotatable bonds is 0. The lowest BCUT2D eigenvalue weighted by Crippen LogP contribution is -1.94. The van der Waals surface area contributed by atoms with E-state index >= 15 is 0 Å². The van der Waals surface area contributed by atoms with E-state index in [9.17, 15) is 0 Å². The van der Waals surface area contributed by atoms with Crippen LogP contribution in [0.5, 0.6) is 0 Å². The third-order valence-corrected chi connectivity index (χ3v) is 3.25. The second-order valence-electron chi connectivity index (χ2n) is 4.90. The first kappa shape index (κ1) is 11.3. The number of hydrogen-bond donors (Lipinski definition) is 0. The summed E-state index contributed by atoms with van der Waals surface area (Å²) >= 11 is 0. The number of aryl methyl sites for hydroxylation is 1. The molecule has 1 unspecified atom stereocenters. The maximum absolute atomic E-state index is 5.63. The number of fused-ring (bicyclic) bond motifs is 1. The first-order valence-electron chi connectivity index (χ1n) is 6.07. The Morgan fingerprint density at radius 1 is 1.31 bits per heavy atom. The Balaban J connectivity index is 2.38. The summed E-state index contributed by atoms with van der Waals surface area (Å²) in [7, 11) is 0. The third-order valence-electron chi connectivity index (χ3n) is 3.25. The normalized spacial score (nSPS) is 21.4. The topological polar surface area (TPSA) is 13.1 Å². The summed E-state index contributed by atoms with van der Waals surface area (Å²) in [4.78, 5) is 0. The monoisotopic (exact) mass is 216 g/mol. The van der Waals surface area contributed by atoms with Crippen molar-refractivity contribution in [2.24, 2.45) is 5.92 Å². The van der Waals surface area contributed by atoms with E-state index < -0.39 is 0 Å². The molecule has 1 nitrogen and oxygen atoms in total. The minimum Gasteiger partial charge on any atom is -0.468 e. The summed E-state index contributed by atoms with van der Waals surface area (Å²) < 4.78 is 5.63. The Labute approximate surface area is 97.9 Å². The predicted molar refractivity (Wildman–Crippen MR) is 68.3 cm³/mol. The average Bonchev–Trinajstić information content (AvgIpc) is 2.57. The highest BCUT2D eigenvalue weighted by Gasteiger charge is 2.10. The molecule has 0 bridgehead atoms. The molecule has 0 saturated carbocycles. The molecule has 0 amide bonds. The van der Waals surface area contributed by atoms with E-state index in [1.54, 1.807) is 0 Å². The van der Waals surface area contributed by atoms with E-state index in [1.807, 2.05) is 6.26 Å². The van der Waals surface area contributed by atoms with Gasteiger partial charge in [0.1, 0.15) is 5.76 Å². The maximum atomic E-state index is 5.63. The van der Waals surface area contributed by atoms with E-state index in [-0.39, 0.29) is 0 Å². The molecule has 16 heavy (non-hydrogen) atoms. The molecular weight excluding hydrogens is 196 g/mol. The molecule has 0 aromatic carbocycles. The van der Waals surface area contributed by atoms with Crippen molar-refractivity contribution in [2.45, 2.75) is 40.0 Å². The molecule has 0 spiro atoms. The molecule has 1 atom stereocenters. The number of allylic oxidation sites excluding steroid dienone is 3. The van der Waals surface area contributed by atoms with Crippen molar-refractivity contribution < 1.29 is 4.42 Å². The summed E-state index contributed by atoms with van der Waals surface area (Å²) in [6, 6.07) is 0. The molecule has 1 aromatic rings. The van der Waals surface area contributed by atoms with E-state index in [1.165, 1.54) is 29.5 Å². The van der Waals surface area contributed by atoms with Gasteiger partial charge in [0, 0.05) is 12.0 Å². The van der Waals surface area contributed by atoms with Gasteiger partial charge in [-0.25, -0.2) is 0 Å². The van der Waals surface area contributed by atoms with Gasteiger partial charge in [-0.3, -0.25) is 0 Å². The highest BCUT2D eigenvalue weighted by molar-refractivity contribution is 5.56. The van der Waals surface area contributed by atoms with Crippen LogP contribution in [0.25, 0.3) is 6.08 Å². The fraction of sp³-hybridized carbons (Fsp3) is 0.467. The van der Waals surface area contributed by atoms with Gasteiger partial charge in [0.05, 0.1) is 6.26 Å². The van der Waals surface area contributed by atoms with Gasteiger partial charge < -0.3 is 4.42 Å². The minimum absolute atomic E-state index is 0.643. The summed E-state index contributed by atoms with van der Waals surface area (Å²) in [5.74, 6) is 1.75. The van der Waals surface area contributed by atoms with Crippen molar-refractivity contribution in [2.75, 3.05) is 0 Å². The van der Waals surface area contributed by atoms with Crippen LogP contribution in [-0.2, 0) is 6.42 Å². The van der Waals surface area contributed by atoms with Crippen LogP contribution in [0.15, 0.2) is 28.4 Å². The largest absolute Gasteiger partial charge is 0.468 e. The average molecular weight is 216 g/mol. The lowest BCUT2D eigenvalue weighted by molar-refractivity contribution is 0.516.